The first-order chi connectivity index (χ1) is 10.6. The monoisotopic (exact) mass is 294 g/mol. The molecule has 22 heavy (non-hydrogen) atoms. The maximum absolute atomic E-state index is 6.08. The Morgan fingerprint density at radius 2 is 1.68 bits per heavy atom. The molecule has 2 aromatic rings. The number of hydrogen-bond donors (Lipinski definition) is 0. The average Bonchev–Trinajstić information content (AvgIpc) is 2.52. The maximum Gasteiger partial charge on any atom is 0.130 e. The van der Waals surface area contributed by atoms with Crippen LogP contribution in [0.3, 0.4) is 0 Å². The zero-order chi connectivity index (χ0) is 15.7. The van der Waals surface area contributed by atoms with E-state index in [0.717, 1.165) is 11.5 Å². The fourth-order valence-corrected chi connectivity index (χ4v) is 2.85. The summed E-state index contributed by atoms with van der Waals surface area (Å²) in [5.74, 6) is 1.96. The summed E-state index contributed by atoms with van der Waals surface area (Å²) < 4.78 is 11.9. The van der Waals surface area contributed by atoms with E-state index in [0.29, 0.717) is 13.2 Å². The molecule has 0 amide bonds. The third-order valence-electron chi connectivity index (χ3n) is 4.17. The van der Waals surface area contributed by atoms with Crippen LogP contribution in [0.1, 0.15) is 27.8 Å². The van der Waals surface area contributed by atoms with Crippen molar-refractivity contribution >= 4 is 5.57 Å². The predicted molar refractivity (Wildman–Crippen MR) is 90.8 cm³/mol. The summed E-state index contributed by atoms with van der Waals surface area (Å²) >= 11 is 0. The van der Waals surface area contributed by atoms with Crippen molar-refractivity contribution in [3.63, 3.8) is 0 Å². The number of benzene rings is 2. The molecule has 1 heterocycles. The fraction of sp³-hybridized carbons (Fsp3) is 0.300. The molecule has 2 heteroatoms. The van der Waals surface area contributed by atoms with Crippen molar-refractivity contribution in [2.24, 2.45) is 0 Å². The van der Waals surface area contributed by atoms with E-state index in [1.54, 1.807) is 0 Å². The Labute approximate surface area is 132 Å². The predicted octanol–water partition coefficient (Wildman–Crippen LogP) is 4.78. The molecule has 0 unspecified atom stereocenters. The third-order valence-corrected chi connectivity index (χ3v) is 4.17. The summed E-state index contributed by atoms with van der Waals surface area (Å²) in [6.45, 7) is 9.57. The van der Waals surface area contributed by atoms with Gasteiger partial charge in [-0.05, 0) is 67.7 Å². The SMILES string of the molecule is Cc1ccc(C)c(OCC2=CCOc3c(C)ccc(C)c32)c1. The summed E-state index contributed by atoms with van der Waals surface area (Å²) in [5, 5.41) is 0. The summed E-state index contributed by atoms with van der Waals surface area (Å²) in [7, 11) is 0. The van der Waals surface area contributed by atoms with Crippen LogP contribution in [-0.4, -0.2) is 13.2 Å². The van der Waals surface area contributed by atoms with Gasteiger partial charge in [-0.15, -0.1) is 0 Å². The van der Waals surface area contributed by atoms with Gasteiger partial charge in [-0.3, -0.25) is 0 Å². The van der Waals surface area contributed by atoms with Gasteiger partial charge in [-0.25, -0.2) is 0 Å². The second kappa shape index (κ2) is 5.88. The highest BCUT2D eigenvalue weighted by Crippen LogP contribution is 2.36. The van der Waals surface area contributed by atoms with Crippen molar-refractivity contribution in [1.29, 1.82) is 0 Å². The highest BCUT2D eigenvalue weighted by atomic mass is 16.5. The van der Waals surface area contributed by atoms with Crippen molar-refractivity contribution in [1.82, 2.24) is 0 Å². The molecular formula is C20H22O2. The van der Waals surface area contributed by atoms with E-state index in [1.807, 2.05) is 0 Å². The maximum atomic E-state index is 6.08. The number of fused-ring (bicyclic) bond motifs is 1. The molecule has 0 aliphatic carbocycles. The molecule has 2 nitrogen and oxygen atoms in total. The van der Waals surface area contributed by atoms with E-state index in [-0.39, 0.29) is 0 Å². The first-order valence-corrected chi connectivity index (χ1v) is 7.68. The number of ether oxygens (including phenoxy) is 2. The van der Waals surface area contributed by atoms with Crippen LogP contribution < -0.4 is 9.47 Å². The Kier molecular flexibility index (Phi) is 3.93. The van der Waals surface area contributed by atoms with Crippen LogP contribution in [0.25, 0.3) is 5.57 Å². The van der Waals surface area contributed by atoms with Gasteiger partial charge in [0.15, 0.2) is 0 Å². The molecule has 1 aliphatic heterocycles. The largest absolute Gasteiger partial charge is 0.489 e. The first-order valence-electron chi connectivity index (χ1n) is 7.68. The van der Waals surface area contributed by atoms with Crippen LogP contribution in [0.15, 0.2) is 36.4 Å². The van der Waals surface area contributed by atoms with Gasteiger partial charge in [0, 0.05) is 5.56 Å². The zero-order valence-corrected chi connectivity index (χ0v) is 13.7. The van der Waals surface area contributed by atoms with E-state index in [9.17, 15) is 0 Å². The molecule has 0 bridgehead atoms. The van der Waals surface area contributed by atoms with Gasteiger partial charge in [0.25, 0.3) is 0 Å². The van der Waals surface area contributed by atoms with Crippen molar-refractivity contribution in [2.75, 3.05) is 13.2 Å². The number of rotatable bonds is 3. The van der Waals surface area contributed by atoms with Crippen LogP contribution in [0.5, 0.6) is 11.5 Å². The van der Waals surface area contributed by atoms with E-state index in [1.165, 1.54) is 33.4 Å². The molecule has 3 rings (SSSR count). The first kappa shape index (κ1) is 14.7. The number of aryl methyl sites for hydroxylation is 4. The lowest BCUT2D eigenvalue weighted by Crippen LogP contribution is -2.12. The third kappa shape index (κ3) is 2.74. The van der Waals surface area contributed by atoms with Gasteiger partial charge < -0.3 is 9.47 Å². The second-order valence-electron chi connectivity index (χ2n) is 6.00. The molecule has 0 radical (unpaired) electrons. The van der Waals surface area contributed by atoms with Gasteiger partial charge in [-0.1, -0.05) is 24.3 Å². The molecule has 0 N–H and O–H groups in total. The normalized spacial score (nSPS) is 13.2. The molecule has 0 aromatic heterocycles. The van der Waals surface area contributed by atoms with Gasteiger partial charge >= 0.3 is 0 Å². The minimum absolute atomic E-state index is 0.574. The quantitative estimate of drug-likeness (QED) is 0.811. The molecular weight excluding hydrogens is 272 g/mol. The van der Waals surface area contributed by atoms with E-state index >= 15 is 0 Å². The van der Waals surface area contributed by atoms with Crippen molar-refractivity contribution < 1.29 is 9.47 Å². The molecule has 0 spiro atoms. The molecule has 1 aliphatic rings. The van der Waals surface area contributed by atoms with Gasteiger partial charge in [0.2, 0.25) is 0 Å². The molecule has 2 aromatic carbocycles. The highest BCUT2D eigenvalue weighted by molar-refractivity contribution is 5.76. The summed E-state index contributed by atoms with van der Waals surface area (Å²) in [6.07, 6.45) is 2.12. The van der Waals surface area contributed by atoms with Crippen molar-refractivity contribution in [3.05, 3.63) is 64.2 Å². The Balaban J connectivity index is 1.87. The van der Waals surface area contributed by atoms with Crippen LogP contribution in [0, 0.1) is 27.7 Å². The van der Waals surface area contributed by atoms with Crippen LogP contribution in [0.4, 0.5) is 0 Å². The molecule has 114 valence electrons. The van der Waals surface area contributed by atoms with Crippen LogP contribution in [0.2, 0.25) is 0 Å². The standard InChI is InChI=1S/C20H22O2/c1-13-5-6-14(2)18(11-13)22-12-17-9-10-21-20-16(4)8-7-15(3)19(17)20/h5-9,11H,10,12H2,1-4H3. The van der Waals surface area contributed by atoms with Crippen molar-refractivity contribution in [3.8, 4) is 11.5 Å². The van der Waals surface area contributed by atoms with E-state index in [4.69, 9.17) is 9.47 Å². The summed E-state index contributed by atoms with van der Waals surface area (Å²) in [6, 6.07) is 10.6. The lowest BCUT2D eigenvalue weighted by Gasteiger charge is -2.23. The van der Waals surface area contributed by atoms with Crippen LogP contribution in [-0.2, 0) is 0 Å². The average molecular weight is 294 g/mol. The summed E-state index contributed by atoms with van der Waals surface area (Å²) in [4.78, 5) is 0. The smallest absolute Gasteiger partial charge is 0.130 e. The fourth-order valence-electron chi connectivity index (χ4n) is 2.85. The zero-order valence-electron chi connectivity index (χ0n) is 13.7. The van der Waals surface area contributed by atoms with Crippen LogP contribution >= 0.6 is 0 Å². The van der Waals surface area contributed by atoms with Crippen molar-refractivity contribution in [2.45, 2.75) is 27.7 Å². The van der Waals surface area contributed by atoms with E-state index < -0.39 is 0 Å². The topological polar surface area (TPSA) is 18.5 Å². The van der Waals surface area contributed by atoms with E-state index in [2.05, 4.69) is 64.1 Å². The summed E-state index contributed by atoms with van der Waals surface area (Å²) in [5.41, 5.74) is 7.20. The Hall–Kier alpha value is -2.22. The molecule has 0 saturated heterocycles. The Bertz CT molecular complexity index is 742. The lowest BCUT2D eigenvalue weighted by molar-refractivity contribution is 0.340. The molecule has 0 atom stereocenters. The van der Waals surface area contributed by atoms with Gasteiger partial charge in [0.1, 0.15) is 24.7 Å². The minimum Gasteiger partial charge on any atom is -0.489 e. The number of hydrogen-bond acceptors (Lipinski definition) is 2. The Morgan fingerprint density at radius 3 is 2.50 bits per heavy atom. The molecule has 0 fully saturated rings. The second-order valence-corrected chi connectivity index (χ2v) is 6.00. The minimum atomic E-state index is 0.574. The van der Waals surface area contributed by atoms with Gasteiger partial charge in [0.05, 0.1) is 0 Å². The lowest BCUT2D eigenvalue weighted by atomic mass is 9.95. The Morgan fingerprint density at radius 1 is 0.955 bits per heavy atom. The highest BCUT2D eigenvalue weighted by Gasteiger charge is 2.18. The molecule has 0 saturated carbocycles. The van der Waals surface area contributed by atoms with Gasteiger partial charge in [-0.2, -0.15) is 0 Å².